The van der Waals surface area contributed by atoms with Gasteiger partial charge in [-0.25, -0.2) is 8.78 Å². The Bertz CT molecular complexity index is 128. The Morgan fingerprint density at radius 3 is 2.50 bits per heavy atom. The highest BCUT2D eigenvalue weighted by molar-refractivity contribution is 4.76. The third-order valence-electron chi connectivity index (χ3n) is 2.04. The molecule has 72 valence electrons. The molecule has 0 atom stereocenters. The summed E-state index contributed by atoms with van der Waals surface area (Å²) in [5.41, 5.74) is 0. The van der Waals surface area contributed by atoms with E-state index in [0.29, 0.717) is 0 Å². The highest BCUT2D eigenvalue weighted by Gasteiger charge is 2.22. The average Bonchev–Trinajstić information content (AvgIpc) is 2.02. The van der Waals surface area contributed by atoms with Gasteiger partial charge in [0, 0.05) is 13.0 Å². The molecule has 1 rings (SSSR count). The maximum atomic E-state index is 12.4. The summed E-state index contributed by atoms with van der Waals surface area (Å²) in [7, 11) is 0. The van der Waals surface area contributed by atoms with Crippen LogP contribution in [-0.4, -0.2) is 31.6 Å². The first-order chi connectivity index (χ1) is 5.58. The van der Waals surface area contributed by atoms with Crippen LogP contribution in [0.25, 0.3) is 0 Å². The summed E-state index contributed by atoms with van der Waals surface area (Å²) in [5, 5.41) is 6.06. The van der Waals surface area contributed by atoms with Crippen LogP contribution < -0.4 is 10.6 Å². The van der Waals surface area contributed by atoms with Gasteiger partial charge >= 0.3 is 0 Å². The standard InChI is InChI=1S/C8H16F2N2/c1-8(9,10)6-12-7-2-4-11-5-3-7/h7,11-12H,2-6H2,1H3. The van der Waals surface area contributed by atoms with Crippen LogP contribution in [0.1, 0.15) is 19.8 Å². The molecule has 1 aliphatic heterocycles. The second-order valence-corrected chi connectivity index (χ2v) is 3.48. The molecule has 2 N–H and O–H groups in total. The van der Waals surface area contributed by atoms with Gasteiger partial charge in [-0.1, -0.05) is 0 Å². The van der Waals surface area contributed by atoms with E-state index in [1.54, 1.807) is 0 Å². The van der Waals surface area contributed by atoms with E-state index in [9.17, 15) is 8.78 Å². The van der Waals surface area contributed by atoms with Crippen LogP contribution in [0.3, 0.4) is 0 Å². The minimum atomic E-state index is -2.58. The maximum absolute atomic E-state index is 12.4. The fraction of sp³-hybridized carbons (Fsp3) is 1.00. The predicted octanol–water partition coefficient (Wildman–Crippen LogP) is 0.983. The Kier molecular flexibility index (Phi) is 3.40. The van der Waals surface area contributed by atoms with Crippen LogP contribution in [0.2, 0.25) is 0 Å². The molecule has 0 radical (unpaired) electrons. The Labute approximate surface area is 71.7 Å². The highest BCUT2D eigenvalue weighted by Crippen LogP contribution is 2.11. The van der Waals surface area contributed by atoms with Gasteiger partial charge in [-0.3, -0.25) is 0 Å². The van der Waals surface area contributed by atoms with Crippen LogP contribution in [0.5, 0.6) is 0 Å². The molecular formula is C8H16F2N2. The molecule has 1 saturated heterocycles. The first kappa shape index (κ1) is 9.86. The van der Waals surface area contributed by atoms with Crippen molar-refractivity contribution in [1.29, 1.82) is 0 Å². The average molecular weight is 178 g/mol. The Morgan fingerprint density at radius 2 is 2.00 bits per heavy atom. The summed E-state index contributed by atoms with van der Waals surface area (Å²) in [5.74, 6) is -2.58. The molecule has 0 spiro atoms. The van der Waals surface area contributed by atoms with E-state index in [0.717, 1.165) is 32.9 Å². The van der Waals surface area contributed by atoms with Crippen molar-refractivity contribution >= 4 is 0 Å². The molecule has 0 unspecified atom stereocenters. The highest BCUT2D eigenvalue weighted by atomic mass is 19.3. The summed E-state index contributed by atoms with van der Waals surface area (Å²) in [4.78, 5) is 0. The van der Waals surface area contributed by atoms with Gasteiger partial charge in [0.1, 0.15) is 0 Å². The topological polar surface area (TPSA) is 24.1 Å². The van der Waals surface area contributed by atoms with Gasteiger partial charge in [0.05, 0.1) is 6.54 Å². The maximum Gasteiger partial charge on any atom is 0.257 e. The molecule has 0 aromatic heterocycles. The van der Waals surface area contributed by atoms with Gasteiger partial charge < -0.3 is 10.6 Å². The van der Waals surface area contributed by atoms with Crippen molar-refractivity contribution in [3.05, 3.63) is 0 Å². The third kappa shape index (κ3) is 3.97. The van der Waals surface area contributed by atoms with Crippen molar-refractivity contribution in [2.75, 3.05) is 19.6 Å². The number of rotatable bonds is 3. The second-order valence-electron chi connectivity index (χ2n) is 3.48. The lowest BCUT2D eigenvalue weighted by atomic mass is 10.1. The zero-order chi connectivity index (χ0) is 9.03. The van der Waals surface area contributed by atoms with E-state index >= 15 is 0 Å². The molecule has 12 heavy (non-hydrogen) atoms. The first-order valence-electron chi connectivity index (χ1n) is 4.40. The lowest BCUT2D eigenvalue weighted by Gasteiger charge is -2.25. The van der Waals surface area contributed by atoms with Crippen LogP contribution in [0.15, 0.2) is 0 Å². The van der Waals surface area contributed by atoms with E-state index in [4.69, 9.17) is 0 Å². The van der Waals surface area contributed by atoms with Gasteiger partial charge in [0.15, 0.2) is 0 Å². The molecule has 0 aromatic rings. The number of piperidine rings is 1. The molecule has 0 amide bonds. The number of alkyl halides is 2. The summed E-state index contributed by atoms with van der Waals surface area (Å²) in [6.07, 6.45) is 1.91. The number of halogens is 2. The molecule has 1 fully saturated rings. The van der Waals surface area contributed by atoms with E-state index in [2.05, 4.69) is 10.6 Å². The Balaban J connectivity index is 2.13. The molecule has 2 nitrogen and oxygen atoms in total. The molecule has 0 aliphatic carbocycles. The second kappa shape index (κ2) is 4.14. The summed E-state index contributed by atoms with van der Waals surface area (Å²) in [6.45, 7) is 2.62. The van der Waals surface area contributed by atoms with E-state index in [1.165, 1.54) is 0 Å². The number of hydrogen-bond acceptors (Lipinski definition) is 2. The van der Waals surface area contributed by atoms with Crippen LogP contribution >= 0.6 is 0 Å². The van der Waals surface area contributed by atoms with Crippen LogP contribution in [0, 0.1) is 0 Å². The SMILES string of the molecule is CC(F)(F)CNC1CCNCC1. The van der Waals surface area contributed by atoms with Crippen molar-refractivity contribution in [2.45, 2.75) is 31.7 Å². The fourth-order valence-electron chi connectivity index (χ4n) is 1.35. The van der Waals surface area contributed by atoms with Gasteiger partial charge in [-0.15, -0.1) is 0 Å². The lowest BCUT2D eigenvalue weighted by molar-refractivity contribution is 0.0189. The fourth-order valence-corrected chi connectivity index (χ4v) is 1.35. The van der Waals surface area contributed by atoms with Gasteiger partial charge in [0.2, 0.25) is 0 Å². The van der Waals surface area contributed by atoms with Crippen molar-refractivity contribution in [3.8, 4) is 0 Å². The molecule has 0 saturated carbocycles. The van der Waals surface area contributed by atoms with E-state index in [-0.39, 0.29) is 12.6 Å². The van der Waals surface area contributed by atoms with Crippen LogP contribution in [-0.2, 0) is 0 Å². The first-order valence-corrected chi connectivity index (χ1v) is 4.40. The zero-order valence-electron chi connectivity index (χ0n) is 7.37. The van der Waals surface area contributed by atoms with Gasteiger partial charge in [-0.05, 0) is 25.9 Å². The molecule has 0 bridgehead atoms. The lowest BCUT2D eigenvalue weighted by Crippen LogP contribution is -2.43. The van der Waals surface area contributed by atoms with Crippen molar-refractivity contribution in [3.63, 3.8) is 0 Å². The summed E-state index contributed by atoms with van der Waals surface area (Å²) in [6, 6.07) is 0.275. The Hall–Kier alpha value is -0.220. The number of nitrogens with one attached hydrogen (secondary N) is 2. The predicted molar refractivity (Wildman–Crippen MR) is 44.5 cm³/mol. The largest absolute Gasteiger partial charge is 0.317 e. The van der Waals surface area contributed by atoms with Gasteiger partial charge in [0.25, 0.3) is 5.92 Å². The van der Waals surface area contributed by atoms with E-state index in [1.807, 2.05) is 0 Å². The van der Waals surface area contributed by atoms with Gasteiger partial charge in [-0.2, -0.15) is 0 Å². The summed E-state index contributed by atoms with van der Waals surface area (Å²) < 4.78 is 24.8. The van der Waals surface area contributed by atoms with Crippen molar-refractivity contribution < 1.29 is 8.78 Å². The minimum absolute atomic E-state index is 0.197. The minimum Gasteiger partial charge on any atom is -0.317 e. The van der Waals surface area contributed by atoms with E-state index < -0.39 is 5.92 Å². The molecule has 1 aliphatic rings. The van der Waals surface area contributed by atoms with Crippen molar-refractivity contribution in [1.82, 2.24) is 10.6 Å². The smallest absolute Gasteiger partial charge is 0.257 e. The Morgan fingerprint density at radius 1 is 1.42 bits per heavy atom. The van der Waals surface area contributed by atoms with Crippen molar-refractivity contribution in [2.24, 2.45) is 0 Å². The normalized spacial score (nSPS) is 21.2. The van der Waals surface area contributed by atoms with Crippen LogP contribution in [0.4, 0.5) is 8.78 Å². The third-order valence-corrected chi connectivity index (χ3v) is 2.04. The molecule has 0 aromatic carbocycles. The molecular weight excluding hydrogens is 162 g/mol. The monoisotopic (exact) mass is 178 g/mol. The molecule has 1 heterocycles. The quantitative estimate of drug-likeness (QED) is 0.673. The molecule has 4 heteroatoms. The zero-order valence-corrected chi connectivity index (χ0v) is 7.37. The number of hydrogen-bond donors (Lipinski definition) is 2. The summed E-state index contributed by atoms with van der Waals surface area (Å²) >= 11 is 0.